The van der Waals surface area contributed by atoms with Crippen molar-refractivity contribution in [3.8, 4) is 5.75 Å². The van der Waals surface area contributed by atoms with Crippen LogP contribution in [0.5, 0.6) is 5.75 Å². The van der Waals surface area contributed by atoms with Gasteiger partial charge in [-0.15, -0.1) is 0 Å². The van der Waals surface area contributed by atoms with Crippen molar-refractivity contribution in [1.29, 1.82) is 0 Å². The van der Waals surface area contributed by atoms with Gasteiger partial charge >= 0.3 is 6.03 Å². The molecule has 0 unspecified atom stereocenters. The standard InChI is InChI=1S/C23H24N4O2/c1-2-29-20-12-10-19(11-13-20)25-23(28)27-16-15-26(17-18-7-4-3-5-8-18)22-21(27)9-6-14-24-22/h3-14H,2,15-17H2,1H3,(H,25,28). The lowest BCUT2D eigenvalue weighted by Crippen LogP contribution is -2.46. The molecule has 29 heavy (non-hydrogen) atoms. The minimum Gasteiger partial charge on any atom is -0.494 e. The van der Waals surface area contributed by atoms with Crippen molar-refractivity contribution in [3.05, 3.63) is 78.5 Å². The van der Waals surface area contributed by atoms with Crippen LogP contribution in [0.15, 0.2) is 72.9 Å². The highest BCUT2D eigenvalue weighted by Crippen LogP contribution is 2.32. The third-order valence-corrected chi connectivity index (χ3v) is 4.83. The van der Waals surface area contributed by atoms with Crippen LogP contribution in [-0.2, 0) is 6.54 Å². The lowest BCUT2D eigenvalue weighted by Gasteiger charge is -2.36. The molecular formula is C23H24N4O2. The van der Waals surface area contributed by atoms with Gasteiger partial charge in [0.05, 0.1) is 12.3 Å². The monoisotopic (exact) mass is 388 g/mol. The van der Waals surface area contributed by atoms with Gasteiger partial charge in [-0.25, -0.2) is 9.78 Å². The van der Waals surface area contributed by atoms with Gasteiger partial charge in [0.15, 0.2) is 5.82 Å². The lowest BCUT2D eigenvalue weighted by atomic mass is 10.2. The molecule has 1 N–H and O–H groups in total. The number of pyridine rings is 1. The first kappa shape index (κ1) is 18.8. The Labute approximate surface area is 170 Å². The first-order valence-electron chi connectivity index (χ1n) is 9.80. The van der Waals surface area contributed by atoms with E-state index in [1.807, 2.05) is 61.5 Å². The maximum absolute atomic E-state index is 12.9. The highest BCUT2D eigenvalue weighted by atomic mass is 16.5. The number of hydrogen-bond donors (Lipinski definition) is 1. The summed E-state index contributed by atoms with van der Waals surface area (Å²) in [4.78, 5) is 21.5. The molecular weight excluding hydrogens is 364 g/mol. The fourth-order valence-electron chi connectivity index (χ4n) is 3.45. The molecule has 1 aromatic heterocycles. The average molecular weight is 388 g/mol. The Balaban J connectivity index is 1.50. The summed E-state index contributed by atoms with van der Waals surface area (Å²) in [6.07, 6.45) is 1.77. The Morgan fingerprint density at radius 2 is 1.83 bits per heavy atom. The van der Waals surface area contributed by atoms with Gasteiger partial charge in [-0.05, 0) is 48.9 Å². The van der Waals surface area contributed by atoms with Crippen LogP contribution in [-0.4, -0.2) is 30.7 Å². The Hall–Kier alpha value is -3.54. The molecule has 4 rings (SSSR count). The number of aromatic nitrogens is 1. The number of rotatable bonds is 5. The Bertz CT molecular complexity index is 960. The molecule has 1 aliphatic rings. The van der Waals surface area contributed by atoms with Gasteiger partial charge in [-0.2, -0.15) is 0 Å². The van der Waals surface area contributed by atoms with Crippen molar-refractivity contribution >= 4 is 23.2 Å². The normalized spacial score (nSPS) is 13.0. The highest BCUT2D eigenvalue weighted by molar-refractivity contribution is 6.04. The van der Waals surface area contributed by atoms with Gasteiger partial charge in [0, 0.05) is 31.5 Å². The van der Waals surface area contributed by atoms with E-state index in [0.29, 0.717) is 13.2 Å². The van der Waals surface area contributed by atoms with Crippen molar-refractivity contribution in [2.45, 2.75) is 13.5 Å². The second-order valence-electron chi connectivity index (χ2n) is 6.79. The van der Waals surface area contributed by atoms with Crippen LogP contribution in [0.2, 0.25) is 0 Å². The van der Waals surface area contributed by atoms with Gasteiger partial charge in [0.25, 0.3) is 0 Å². The van der Waals surface area contributed by atoms with Crippen LogP contribution in [0.4, 0.5) is 22.0 Å². The summed E-state index contributed by atoms with van der Waals surface area (Å²) in [6, 6.07) is 21.3. The summed E-state index contributed by atoms with van der Waals surface area (Å²) in [5, 5.41) is 2.97. The summed E-state index contributed by atoms with van der Waals surface area (Å²) in [7, 11) is 0. The van der Waals surface area contributed by atoms with E-state index < -0.39 is 0 Å². The maximum Gasteiger partial charge on any atom is 0.326 e. The fourth-order valence-corrected chi connectivity index (χ4v) is 3.45. The Morgan fingerprint density at radius 3 is 2.59 bits per heavy atom. The van der Waals surface area contributed by atoms with Gasteiger partial charge in [0.1, 0.15) is 5.75 Å². The molecule has 2 heterocycles. The van der Waals surface area contributed by atoms with Crippen molar-refractivity contribution < 1.29 is 9.53 Å². The Kier molecular flexibility index (Phi) is 5.61. The van der Waals surface area contributed by atoms with Gasteiger partial charge in [-0.3, -0.25) is 4.90 Å². The van der Waals surface area contributed by atoms with E-state index in [0.717, 1.165) is 36.0 Å². The van der Waals surface area contributed by atoms with Crippen LogP contribution in [0, 0.1) is 0 Å². The first-order valence-corrected chi connectivity index (χ1v) is 9.80. The summed E-state index contributed by atoms with van der Waals surface area (Å²) in [5.41, 5.74) is 2.77. The minimum atomic E-state index is -0.164. The smallest absolute Gasteiger partial charge is 0.326 e. The number of carbonyl (C=O) groups is 1. The third kappa shape index (κ3) is 4.32. The zero-order valence-electron chi connectivity index (χ0n) is 16.4. The van der Waals surface area contributed by atoms with E-state index in [1.165, 1.54) is 5.56 Å². The van der Waals surface area contributed by atoms with Crippen molar-refractivity contribution in [1.82, 2.24) is 4.98 Å². The highest BCUT2D eigenvalue weighted by Gasteiger charge is 2.27. The first-order chi connectivity index (χ1) is 14.2. The number of ether oxygens (including phenoxy) is 1. The predicted molar refractivity (Wildman–Crippen MR) is 116 cm³/mol. The maximum atomic E-state index is 12.9. The number of hydrogen-bond acceptors (Lipinski definition) is 4. The zero-order chi connectivity index (χ0) is 20.1. The quantitative estimate of drug-likeness (QED) is 0.697. The molecule has 0 atom stereocenters. The number of benzene rings is 2. The van der Waals surface area contributed by atoms with Crippen molar-refractivity contribution in [2.75, 3.05) is 34.8 Å². The average Bonchev–Trinajstić information content (AvgIpc) is 2.76. The van der Waals surface area contributed by atoms with E-state index in [2.05, 4.69) is 27.3 Å². The van der Waals surface area contributed by atoms with E-state index in [-0.39, 0.29) is 6.03 Å². The molecule has 1 aliphatic heterocycles. The molecule has 6 heteroatoms. The Morgan fingerprint density at radius 1 is 1.03 bits per heavy atom. The van der Waals surface area contributed by atoms with E-state index in [4.69, 9.17) is 4.74 Å². The van der Waals surface area contributed by atoms with Crippen LogP contribution < -0.4 is 19.9 Å². The van der Waals surface area contributed by atoms with Crippen LogP contribution in [0.3, 0.4) is 0 Å². The number of carbonyl (C=O) groups excluding carboxylic acids is 1. The molecule has 0 bridgehead atoms. The summed E-state index contributed by atoms with van der Waals surface area (Å²) < 4.78 is 5.45. The summed E-state index contributed by atoms with van der Waals surface area (Å²) >= 11 is 0. The number of nitrogens with zero attached hydrogens (tertiary/aromatic N) is 3. The molecule has 3 aromatic rings. The molecule has 0 saturated heterocycles. The lowest BCUT2D eigenvalue weighted by molar-refractivity contribution is 0.256. The van der Waals surface area contributed by atoms with Crippen molar-refractivity contribution in [2.24, 2.45) is 0 Å². The van der Waals surface area contributed by atoms with E-state index >= 15 is 0 Å². The SMILES string of the molecule is CCOc1ccc(NC(=O)N2CCN(Cc3ccccc3)c3ncccc32)cc1. The van der Waals surface area contributed by atoms with E-state index in [9.17, 15) is 4.79 Å². The van der Waals surface area contributed by atoms with Crippen LogP contribution in [0.1, 0.15) is 12.5 Å². The second-order valence-corrected chi connectivity index (χ2v) is 6.79. The molecule has 0 saturated carbocycles. The molecule has 0 spiro atoms. The predicted octanol–water partition coefficient (Wildman–Crippen LogP) is 4.54. The summed E-state index contributed by atoms with van der Waals surface area (Å²) in [6.45, 7) is 4.63. The topological polar surface area (TPSA) is 57.7 Å². The van der Waals surface area contributed by atoms with Crippen molar-refractivity contribution in [3.63, 3.8) is 0 Å². The third-order valence-electron chi connectivity index (χ3n) is 4.83. The van der Waals surface area contributed by atoms with Crippen LogP contribution in [0.25, 0.3) is 0 Å². The number of amides is 2. The number of fused-ring (bicyclic) bond motifs is 1. The van der Waals surface area contributed by atoms with Gasteiger partial charge in [-0.1, -0.05) is 30.3 Å². The van der Waals surface area contributed by atoms with Gasteiger partial charge in [0.2, 0.25) is 0 Å². The largest absolute Gasteiger partial charge is 0.494 e. The second kappa shape index (κ2) is 8.65. The molecule has 0 radical (unpaired) electrons. The zero-order valence-corrected chi connectivity index (χ0v) is 16.4. The number of nitrogens with one attached hydrogen (secondary N) is 1. The molecule has 2 aromatic carbocycles. The molecule has 148 valence electrons. The number of urea groups is 1. The summed E-state index contributed by atoms with van der Waals surface area (Å²) in [5.74, 6) is 1.61. The van der Waals surface area contributed by atoms with Gasteiger partial charge < -0.3 is 15.0 Å². The molecule has 0 fully saturated rings. The molecule has 0 aliphatic carbocycles. The molecule has 2 amide bonds. The van der Waals surface area contributed by atoms with E-state index in [1.54, 1.807) is 11.1 Å². The molecule has 6 nitrogen and oxygen atoms in total. The van der Waals surface area contributed by atoms with Crippen LogP contribution >= 0.6 is 0 Å². The fraction of sp³-hybridized carbons (Fsp3) is 0.217. The minimum absolute atomic E-state index is 0.164. The number of anilines is 3.